The van der Waals surface area contributed by atoms with Gasteiger partial charge in [-0.25, -0.2) is 9.78 Å². The Balaban J connectivity index is 2.78. The molecule has 8 heteroatoms. The minimum atomic E-state index is -0.614. The summed E-state index contributed by atoms with van der Waals surface area (Å²) >= 11 is 7.61. The fourth-order valence-corrected chi connectivity index (χ4v) is 2.97. The number of thioether (sulfide) groups is 1. The number of carbonyl (C=O) groups excluding carboxylic acids is 1. The first-order valence-electron chi connectivity index (χ1n) is 5.98. The standard InChI is InChI=1S/C13H11ClN2O4S/c1-3-21-12-10(13(17)20-2)11(14)8-6-7(16(18)19)4-5-9(8)15-12/h4-6H,3H2,1-2H3. The fraction of sp³-hybridized carbons (Fsp3) is 0.231. The van der Waals surface area contributed by atoms with Crippen LogP contribution in [0.3, 0.4) is 0 Å². The molecule has 0 aliphatic carbocycles. The van der Waals surface area contributed by atoms with Crippen LogP contribution in [-0.2, 0) is 4.74 Å². The molecule has 0 fully saturated rings. The van der Waals surface area contributed by atoms with Gasteiger partial charge >= 0.3 is 5.97 Å². The van der Waals surface area contributed by atoms with Crippen molar-refractivity contribution >= 4 is 45.9 Å². The third-order valence-corrected chi connectivity index (χ3v) is 4.00. The summed E-state index contributed by atoms with van der Waals surface area (Å²) in [6.45, 7) is 1.92. The molecule has 0 unspecified atom stereocenters. The molecule has 21 heavy (non-hydrogen) atoms. The van der Waals surface area contributed by atoms with Gasteiger partial charge in [0.1, 0.15) is 10.6 Å². The molecular weight excluding hydrogens is 316 g/mol. The van der Waals surface area contributed by atoms with Crippen LogP contribution in [0.15, 0.2) is 23.2 Å². The van der Waals surface area contributed by atoms with Crippen LogP contribution in [0.4, 0.5) is 5.69 Å². The highest BCUT2D eigenvalue weighted by Gasteiger charge is 2.22. The Kier molecular flexibility index (Phi) is 4.64. The van der Waals surface area contributed by atoms with Crippen molar-refractivity contribution in [2.24, 2.45) is 0 Å². The van der Waals surface area contributed by atoms with Gasteiger partial charge in [-0.2, -0.15) is 0 Å². The van der Waals surface area contributed by atoms with Crippen LogP contribution in [0.25, 0.3) is 10.9 Å². The van der Waals surface area contributed by atoms with Crippen molar-refractivity contribution < 1.29 is 14.5 Å². The lowest BCUT2D eigenvalue weighted by Crippen LogP contribution is -2.06. The summed E-state index contributed by atoms with van der Waals surface area (Å²) < 4.78 is 4.72. The Labute approximate surface area is 129 Å². The predicted molar refractivity (Wildman–Crippen MR) is 81.1 cm³/mol. The molecule has 0 saturated heterocycles. The Bertz CT molecular complexity index is 736. The summed E-state index contributed by atoms with van der Waals surface area (Å²) in [6.07, 6.45) is 0. The van der Waals surface area contributed by atoms with Gasteiger partial charge < -0.3 is 4.74 Å². The largest absolute Gasteiger partial charge is 0.465 e. The SMILES string of the molecule is CCSc1nc2ccc([N+](=O)[O-])cc2c(Cl)c1C(=O)OC. The predicted octanol–water partition coefficient (Wildman–Crippen LogP) is 3.70. The third-order valence-electron chi connectivity index (χ3n) is 2.75. The van der Waals surface area contributed by atoms with Crippen LogP contribution in [0.2, 0.25) is 5.02 Å². The molecule has 1 aromatic heterocycles. The lowest BCUT2D eigenvalue weighted by atomic mass is 10.1. The number of nitro groups is 1. The number of non-ortho nitro benzene ring substituents is 1. The van der Waals surface area contributed by atoms with Gasteiger partial charge in [0.25, 0.3) is 5.69 Å². The Morgan fingerprint density at radius 3 is 2.81 bits per heavy atom. The summed E-state index contributed by atoms with van der Waals surface area (Å²) in [7, 11) is 1.25. The average molecular weight is 327 g/mol. The molecule has 1 aromatic carbocycles. The smallest absolute Gasteiger partial charge is 0.342 e. The second-order valence-electron chi connectivity index (χ2n) is 3.99. The Morgan fingerprint density at radius 2 is 2.24 bits per heavy atom. The van der Waals surface area contributed by atoms with Crippen LogP contribution >= 0.6 is 23.4 Å². The first-order chi connectivity index (χ1) is 9.99. The fourth-order valence-electron chi connectivity index (χ4n) is 1.82. The molecule has 2 rings (SSSR count). The summed E-state index contributed by atoms with van der Waals surface area (Å²) in [4.78, 5) is 26.6. The van der Waals surface area contributed by atoms with Gasteiger partial charge in [0, 0.05) is 17.5 Å². The number of hydrogen-bond donors (Lipinski definition) is 0. The van der Waals surface area contributed by atoms with E-state index in [1.807, 2.05) is 6.92 Å². The van der Waals surface area contributed by atoms with E-state index in [0.717, 1.165) is 0 Å². The number of esters is 1. The van der Waals surface area contributed by atoms with Crippen LogP contribution in [0.5, 0.6) is 0 Å². The van der Waals surface area contributed by atoms with E-state index in [-0.39, 0.29) is 16.3 Å². The second-order valence-corrected chi connectivity index (χ2v) is 5.62. The zero-order chi connectivity index (χ0) is 15.6. The summed E-state index contributed by atoms with van der Waals surface area (Å²) in [5.41, 5.74) is 0.520. The highest BCUT2D eigenvalue weighted by atomic mass is 35.5. The molecule has 0 N–H and O–H groups in total. The molecule has 0 radical (unpaired) electrons. The zero-order valence-corrected chi connectivity index (χ0v) is 12.8. The van der Waals surface area contributed by atoms with Gasteiger partial charge in [0.05, 0.1) is 22.6 Å². The highest BCUT2D eigenvalue weighted by molar-refractivity contribution is 7.99. The van der Waals surface area contributed by atoms with E-state index in [9.17, 15) is 14.9 Å². The van der Waals surface area contributed by atoms with E-state index in [0.29, 0.717) is 21.7 Å². The number of aromatic nitrogens is 1. The van der Waals surface area contributed by atoms with Crippen molar-refractivity contribution in [3.05, 3.63) is 38.9 Å². The van der Waals surface area contributed by atoms with Crippen molar-refractivity contribution in [3.63, 3.8) is 0 Å². The number of pyridine rings is 1. The van der Waals surface area contributed by atoms with Gasteiger partial charge in [0.15, 0.2) is 0 Å². The molecule has 6 nitrogen and oxygen atoms in total. The number of halogens is 1. The monoisotopic (exact) mass is 326 g/mol. The molecule has 0 aliphatic heterocycles. The maximum Gasteiger partial charge on any atom is 0.342 e. The number of nitrogens with zero attached hydrogens (tertiary/aromatic N) is 2. The van der Waals surface area contributed by atoms with Crippen LogP contribution in [-0.4, -0.2) is 28.7 Å². The van der Waals surface area contributed by atoms with Crippen molar-refractivity contribution in [3.8, 4) is 0 Å². The number of carbonyl (C=O) groups is 1. The van der Waals surface area contributed by atoms with Crippen molar-refractivity contribution in [2.45, 2.75) is 11.9 Å². The van der Waals surface area contributed by atoms with Gasteiger partial charge in [-0.15, -0.1) is 11.8 Å². The van der Waals surface area contributed by atoms with Crippen molar-refractivity contribution in [1.82, 2.24) is 4.98 Å². The normalized spacial score (nSPS) is 10.6. The summed E-state index contributed by atoms with van der Waals surface area (Å²) in [5.74, 6) is 0.0862. The number of benzene rings is 1. The van der Waals surface area contributed by atoms with Crippen LogP contribution < -0.4 is 0 Å². The number of methoxy groups -OCH3 is 1. The molecule has 0 saturated carbocycles. The van der Waals surface area contributed by atoms with Crippen molar-refractivity contribution in [1.29, 1.82) is 0 Å². The van der Waals surface area contributed by atoms with E-state index in [2.05, 4.69) is 4.98 Å². The molecule has 2 aromatic rings. The average Bonchev–Trinajstić information content (AvgIpc) is 2.46. The maximum absolute atomic E-state index is 11.9. The summed E-state index contributed by atoms with van der Waals surface area (Å²) in [6, 6.07) is 4.17. The molecular formula is C13H11ClN2O4S. The second kappa shape index (κ2) is 6.28. The van der Waals surface area contributed by atoms with Gasteiger partial charge in [-0.05, 0) is 11.8 Å². The number of rotatable bonds is 4. The number of fused-ring (bicyclic) bond motifs is 1. The van der Waals surface area contributed by atoms with E-state index in [4.69, 9.17) is 16.3 Å². The van der Waals surface area contributed by atoms with Crippen LogP contribution in [0, 0.1) is 10.1 Å². The minimum absolute atomic E-state index is 0.113. The van der Waals surface area contributed by atoms with Gasteiger partial charge in [-0.1, -0.05) is 18.5 Å². The maximum atomic E-state index is 11.9. The summed E-state index contributed by atoms with van der Waals surface area (Å²) in [5, 5.41) is 11.8. The van der Waals surface area contributed by atoms with Crippen molar-refractivity contribution in [2.75, 3.05) is 12.9 Å². The molecule has 0 amide bonds. The first-order valence-corrected chi connectivity index (χ1v) is 7.34. The molecule has 110 valence electrons. The zero-order valence-electron chi connectivity index (χ0n) is 11.3. The minimum Gasteiger partial charge on any atom is -0.465 e. The Morgan fingerprint density at radius 1 is 1.52 bits per heavy atom. The lowest BCUT2D eigenvalue weighted by Gasteiger charge is -2.10. The lowest BCUT2D eigenvalue weighted by molar-refractivity contribution is -0.384. The quantitative estimate of drug-likeness (QED) is 0.369. The van der Waals surface area contributed by atoms with Gasteiger partial charge in [0.2, 0.25) is 0 Å². The molecule has 0 aliphatic rings. The van der Waals surface area contributed by atoms with E-state index in [1.165, 1.54) is 37.1 Å². The molecule has 1 heterocycles. The number of ether oxygens (including phenoxy) is 1. The van der Waals surface area contributed by atoms with E-state index in [1.54, 1.807) is 0 Å². The first kappa shape index (κ1) is 15.5. The molecule has 0 bridgehead atoms. The molecule has 0 atom stereocenters. The van der Waals surface area contributed by atoms with Gasteiger partial charge in [-0.3, -0.25) is 10.1 Å². The van der Waals surface area contributed by atoms with Crippen LogP contribution in [0.1, 0.15) is 17.3 Å². The number of hydrogen-bond acceptors (Lipinski definition) is 6. The topological polar surface area (TPSA) is 82.3 Å². The number of nitro benzene ring substituents is 1. The Hall–Kier alpha value is -1.86. The van der Waals surface area contributed by atoms with E-state index >= 15 is 0 Å². The van der Waals surface area contributed by atoms with E-state index < -0.39 is 10.9 Å². The third kappa shape index (κ3) is 2.93. The highest BCUT2D eigenvalue weighted by Crippen LogP contribution is 2.35. The molecule has 0 spiro atoms.